The minimum absolute atomic E-state index is 0. The molecule has 5 nitrogen and oxygen atoms in total. The smallest absolute Gasteiger partial charge is 0.223 e. The number of nitrogens with zero attached hydrogens (tertiary/aromatic N) is 2. The summed E-state index contributed by atoms with van der Waals surface area (Å²) in [7, 11) is 1.61. The molecular formula is C10H18Cl2N4O. The fourth-order valence-corrected chi connectivity index (χ4v) is 1.64. The van der Waals surface area contributed by atoms with Crippen molar-refractivity contribution in [3.8, 4) is 5.75 Å². The lowest BCUT2D eigenvalue weighted by Gasteiger charge is -2.23. The summed E-state index contributed by atoms with van der Waals surface area (Å²) < 4.78 is 5.00. The van der Waals surface area contributed by atoms with Crippen LogP contribution >= 0.6 is 24.8 Å². The number of methoxy groups -OCH3 is 1. The van der Waals surface area contributed by atoms with Crippen LogP contribution in [0.3, 0.4) is 0 Å². The van der Waals surface area contributed by atoms with E-state index in [-0.39, 0.29) is 24.8 Å². The Hall–Kier alpha value is -0.780. The van der Waals surface area contributed by atoms with Gasteiger partial charge in [0.25, 0.3) is 0 Å². The molecule has 0 unspecified atom stereocenters. The number of halogens is 2. The van der Waals surface area contributed by atoms with Crippen molar-refractivity contribution in [2.45, 2.75) is 18.9 Å². The third-order valence-corrected chi connectivity index (χ3v) is 2.54. The zero-order chi connectivity index (χ0) is 10.5. The molecule has 1 aliphatic rings. The fraction of sp³-hybridized carbons (Fsp3) is 0.600. The van der Waals surface area contributed by atoms with Crippen molar-refractivity contribution in [2.75, 3.05) is 25.5 Å². The van der Waals surface area contributed by atoms with E-state index < -0.39 is 0 Å². The average molecular weight is 281 g/mol. The summed E-state index contributed by atoms with van der Waals surface area (Å²) in [5.41, 5.74) is 0. The largest absolute Gasteiger partial charge is 0.494 e. The normalized spacial score (nSPS) is 15.4. The second kappa shape index (κ2) is 8.33. The molecule has 1 aliphatic heterocycles. The zero-order valence-corrected chi connectivity index (χ0v) is 11.3. The number of ether oxygens (including phenoxy) is 1. The Morgan fingerprint density at radius 2 is 1.82 bits per heavy atom. The number of piperidine rings is 1. The van der Waals surface area contributed by atoms with Gasteiger partial charge >= 0.3 is 0 Å². The van der Waals surface area contributed by atoms with Crippen molar-refractivity contribution in [2.24, 2.45) is 0 Å². The van der Waals surface area contributed by atoms with Crippen LogP contribution in [-0.2, 0) is 0 Å². The molecule has 0 aliphatic carbocycles. The first kappa shape index (κ1) is 16.2. The highest BCUT2D eigenvalue weighted by Crippen LogP contribution is 2.11. The van der Waals surface area contributed by atoms with E-state index >= 15 is 0 Å². The van der Waals surface area contributed by atoms with Crippen LogP contribution in [-0.4, -0.2) is 36.2 Å². The van der Waals surface area contributed by atoms with Crippen LogP contribution in [0.4, 0.5) is 5.95 Å². The Morgan fingerprint density at radius 1 is 1.24 bits per heavy atom. The van der Waals surface area contributed by atoms with Crippen molar-refractivity contribution < 1.29 is 4.74 Å². The summed E-state index contributed by atoms with van der Waals surface area (Å²) in [5.74, 6) is 1.37. The number of rotatable bonds is 3. The minimum atomic E-state index is 0. The van der Waals surface area contributed by atoms with Gasteiger partial charge in [-0.15, -0.1) is 24.8 Å². The Kier molecular flexibility index (Phi) is 7.95. The average Bonchev–Trinajstić information content (AvgIpc) is 2.31. The molecule has 0 atom stereocenters. The van der Waals surface area contributed by atoms with Gasteiger partial charge in [-0.25, -0.2) is 9.97 Å². The van der Waals surface area contributed by atoms with Crippen LogP contribution in [0.1, 0.15) is 12.8 Å². The molecule has 0 radical (unpaired) electrons. The van der Waals surface area contributed by atoms with Gasteiger partial charge in [-0.05, 0) is 25.9 Å². The number of aromatic nitrogens is 2. The van der Waals surface area contributed by atoms with Crippen molar-refractivity contribution in [3.63, 3.8) is 0 Å². The van der Waals surface area contributed by atoms with E-state index in [2.05, 4.69) is 20.6 Å². The van der Waals surface area contributed by atoms with Crippen molar-refractivity contribution in [3.05, 3.63) is 12.4 Å². The lowest BCUT2D eigenvalue weighted by molar-refractivity contribution is 0.410. The van der Waals surface area contributed by atoms with Crippen molar-refractivity contribution in [1.29, 1.82) is 0 Å². The van der Waals surface area contributed by atoms with E-state index in [9.17, 15) is 0 Å². The lowest BCUT2D eigenvalue weighted by atomic mass is 10.1. The highest BCUT2D eigenvalue weighted by Gasteiger charge is 2.13. The van der Waals surface area contributed by atoms with Crippen LogP contribution in [0.5, 0.6) is 5.75 Å². The van der Waals surface area contributed by atoms with Gasteiger partial charge in [-0.2, -0.15) is 0 Å². The number of hydrogen-bond donors (Lipinski definition) is 2. The van der Waals surface area contributed by atoms with Gasteiger partial charge in [0, 0.05) is 6.04 Å². The van der Waals surface area contributed by atoms with Crippen LogP contribution in [0.2, 0.25) is 0 Å². The Bertz CT molecular complexity index is 304. The first-order chi connectivity index (χ1) is 7.38. The van der Waals surface area contributed by atoms with E-state index in [1.54, 1.807) is 19.5 Å². The van der Waals surface area contributed by atoms with Gasteiger partial charge in [0.15, 0.2) is 5.75 Å². The van der Waals surface area contributed by atoms with E-state index in [4.69, 9.17) is 4.74 Å². The van der Waals surface area contributed by atoms with E-state index in [1.165, 1.54) is 0 Å². The number of hydrogen-bond acceptors (Lipinski definition) is 5. The summed E-state index contributed by atoms with van der Waals surface area (Å²) >= 11 is 0. The Labute approximate surface area is 114 Å². The second-order valence-electron chi connectivity index (χ2n) is 3.62. The first-order valence-electron chi connectivity index (χ1n) is 5.22. The molecule has 0 spiro atoms. The highest BCUT2D eigenvalue weighted by atomic mass is 35.5. The SMILES string of the molecule is COc1cnc(NC2CCNCC2)nc1.Cl.Cl. The van der Waals surface area contributed by atoms with Crippen LogP contribution in [0, 0.1) is 0 Å². The topological polar surface area (TPSA) is 59.1 Å². The highest BCUT2D eigenvalue weighted by molar-refractivity contribution is 5.85. The zero-order valence-electron chi connectivity index (χ0n) is 9.68. The van der Waals surface area contributed by atoms with Crippen LogP contribution < -0.4 is 15.4 Å². The first-order valence-corrected chi connectivity index (χ1v) is 5.22. The fourth-order valence-electron chi connectivity index (χ4n) is 1.64. The molecule has 0 saturated carbocycles. The standard InChI is InChI=1S/C10H16N4O.2ClH/c1-15-9-6-12-10(13-7-9)14-8-2-4-11-5-3-8;;/h6-8,11H,2-5H2,1H3,(H,12,13,14);2*1H. The number of nitrogens with one attached hydrogen (secondary N) is 2. The molecule has 2 rings (SSSR count). The van der Waals surface area contributed by atoms with Gasteiger partial charge in [0.05, 0.1) is 19.5 Å². The summed E-state index contributed by atoms with van der Waals surface area (Å²) in [5, 5.41) is 6.63. The Morgan fingerprint density at radius 3 is 2.35 bits per heavy atom. The van der Waals surface area contributed by atoms with Gasteiger partial charge in [-0.1, -0.05) is 0 Å². The maximum Gasteiger partial charge on any atom is 0.223 e. The van der Waals surface area contributed by atoms with Gasteiger partial charge in [-0.3, -0.25) is 0 Å². The third kappa shape index (κ3) is 4.93. The molecule has 2 heterocycles. The van der Waals surface area contributed by atoms with E-state index in [0.717, 1.165) is 25.9 Å². The van der Waals surface area contributed by atoms with Gasteiger partial charge in [0.1, 0.15) is 0 Å². The molecule has 1 aromatic rings. The monoisotopic (exact) mass is 280 g/mol. The Balaban J connectivity index is 0.00000128. The lowest BCUT2D eigenvalue weighted by Crippen LogP contribution is -2.35. The summed E-state index contributed by atoms with van der Waals surface area (Å²) in [6.45, 7) is 2.13. The molecule has 7 heteroatoms. The molecule has 0 aromatic carbocycles. The second-order valence-corrected chi connectivity index (χ2v) is 3.62. The quantitative estimate of drug-likeness (QED) is 0.879. The molecule has 1 saturated heterocycles. The molecule has 17 heavy (non-hydrogen) atoms. The van der Waals surface area contributed by atoms with Crippen LogP contribution in [0.15, 0.2) is 12.4 Å². The van der Waals surface area contributed by atoms with E-state index in [1.807, 2.05) is 0 Å². The predicted octanol–water partition coefficient (Wildman–Crippen LogP) is 1.49. The minimum Gasteiger partial charge on any atom is -0.494 e. The van der Waals surface area contributed by atoms with Gasteiger partial charge < -0.3 is 15.4 Å². The summed E-state index contributed by atoms with van der Waals surface area (Å²) in [6, 6.07) is 0.486. The summed E-state index contributed by atoms with van der Waals surface area (Å²) in [4.78, 5) is 8.35. The molecule has 2 N–H and O–H groups in total. The molecular weight excluding hydrogens is 263 g/mol. The maximum absolute atomic E-state index is 5.00. The van der Waals surface area contributed by atoms with Crippen molar-refractivity contribution >= 4 is 30.8 Å². The predicted molar refractivity (Wildman–Crippen MR) is 72.6 cm³/mol. The number of anilines is 1. The van der Waals surface area contributed by atoms with E-state index in [0.29, 0.717) is 17.7 Å². The maximum atomic E-state index is 5.00. The molecule has 0 amide bonds. The molecule has 1 aromatic heterocycles. The van der Waals surface area contributed by atoms with Crippen molar-refractivity contribution in [1.82, 2.24) is 15.3 Å². The van der Waals surface area contributed by atoms with Crippen LogP contribution in [0.25, 0.3) is 0 Å². The molecule has 98 valence electrons. The summed E-state index contributed by atoms with van der Waals surface area (Å²) in [6.07, 6.45) is 5.59. The molecule has 0 bridgehead atoms. The molecule has 1 fully saturated rings. The van der Waals surface area contributed by atoms with Gasteiger partial charge in [0.2, 0.25) is 5.95 Å². The third-order valence-electron chi connectivity index (χ3n) is 2.54.